The molecule has 2 heteroatoms. The van der Waals surface area contributed by atoms with E-state index in [4.69, 9.17) is 0 Å². The average molecular weight is 190 g/mol. The third kappa shape index (κ3) is 3.21. The Kier molecular flexibility index (Phi) is 3.69. The van der Waals surface area contributed by atoms with Crippen molar-refractivity contribution < 1.29 is 0 Å². The van der Waals surface area contributed by atoms with Gasteiger partial charge in [0, 0.05) is 14.1 Å². The lowest BCUT2D eigenvalue weighted by molar-refractivity contribution is 0.440. The van der Waals surface area contributed by atoms with Crippen molar-refractivity contribution in [2.45, 2.75) is 19.8 Å². The van der Waals surface area contributed by atoms with Crippen molar-refractivity contribution in [3.8, 4) is 0 Å². The highest BCUT2D eigenvalue weighted by Gasteiger charge is 1.97. The molecule has 1 aromatic rings. The largest absolute Gasteiger partial charge is 0.303 e. The van der Waals surface area contributed by atoms with Gasteiger partial charge in [0.05, 0.1) is 6.21 Å². The minimum atomic E-state index is 0.592. The maximum atomic E-state index is 4.18. The highest BCUT2D eigenvalue weighted by atomic mass is 15.4. The average Bonchev–Trinajstić information content (AvgIpc) is 2.15. The molecule has 0 bridgehead atoms. The van der Waals surface area contributed by atoms with Crippen molar-refractivity contribution in [1.82, 2.24) is 5.01 Å². The minimum Gasteiger partial charge on any atom is -0.303 e. The van der Waals surface area contributed by atoms with E-state index >= 15 is 0 Å². The van der Waals surface area contributed by atoms with E-state index in [1.165, 1.54) is 5.56 Å². The zero-order valence-electron chi connectivity index (χ0n) is 9.36. The molecule has 0 aliphatic carbocycles. The Morgan fingerprint density at radius 1 is 1.14 bits per heavy atom. The molecule has 1 aromatic carbocycles. The van der Waals surface area contributed by atoms with Gasteiger partial charge in [0.25, 0.3) is 0 Å². The van der Waals surface area contributed by atoms with E-state index < -0.39 is 0 Å². The number of nitrogens with zero attached hydrogens (tertiary/aromatic N) is 2. The molecule has 0 aromatic heterocycles. The first-order chi connectivity index (χ1) is 6.59. The van der Waals surface area contributed by atoms with Crippen molar-refractivity contribution in [1.29, 1.82) is 0 Å². The van der Waals surface area contributed by atoms with Crippen LogP contribution in [-0.2, 0) is 0 Å². The molecule has 0 amide bonds. The molecule has 0 unspecified atom stereocenters. The molecule has 0 saturated heterocycles. The van der Waals surface area contributed by atoms with Gasteiger partial charge in [0.15, 0.2) is 0 Å². The summed E-state index contributed by atoms with van der Waals surface area (Å²) in [6, 6.07) is 8.51. The van der Waals surface area contributed by atoms with E-state index in [9.17, 15) is 0 Å². The van der Waals surface area contributed by atoms with Crippen LogP contribution in [0.15, 0.2) is 29.4 Å². The quantitative estimate of drug-likeness (QED) is 0.528. The van der Waals surface area contributed by atoms with E-state index in [1.807, 2.05) is 20.3 Å². The summed E-state index contributed by atoms with van der Waals surface area (Å²) in [5.41, 5.74) is 2.51. The van der Waals surface area contributed by atoms with Gasteiger partial charge in [-0.2, -0.15) is 5.10 Å². The Labute approximate surface area is 86.2 Å². The van der Waals surface area contributed by atoms with Crippen LogP contribution in [0, 0.1) is 0 Å². The van der Waals surface area contributed by atoms with Gasteiger partial charge in [-0.1, -0.05) is 38.1 Å². The number of rotatable bonds is 3. The van der Waals surface area contributed by atoms with Gasteiger partial charge in [-0.05, 0) is 17.0 Å². The highest BCUT2D eigenvalue weighted by molar-refractivity contribution is 5.79. The van der Waals surface area contributed by atoms with Crippen molar-refractivity contribution in [2.24, 2.45) is 5.10 Å². The Balaban J connectivity index is 2.73. The first-order valence-electron chi connectivity index (χ1n) is 4.91. The van der Waals surface area contributed by atoms with Gasteiger partial charge in [-0.15, -0.1) is 0 Å². The summed E-state index contributed by atoms with van der Waals surface area (Å²) in [4.78, 5) is 0. The van der Waals surface area contributed by atoms with Gasteiger partial charge < -0.3 is 5.01 Å². The van der Waals surface area contributed by atoms with Crippen LogP contribution >= 0.6 is 0 Å². The Morgan fingerprint density at radius 3 is 2.14 bits per heavy atom. The summed E-state index contributed by atoms with van der Waals surface area (Å²) in [6.07, 6.45) is 1.87. The second-order valence-electron chi connectivity index (χ2n) is 3.91. The Morgan fingerprint density at radius 2 is 1.71 bits per heavy atom. The Hall–Kier alpha value is -1.31. The summed E-state index contributed by atoms with van der Waals surface area (Å²) >= 11 is 0. The zero-order valence-corrected chi connectivity index (χ0v) is 9.36. The van der Waals surface area contributed by atoms with E-state index in [0.29, 0.717) is 5.92 Å². The number of hydrogen-bond acceptors (Lipinski definition) is 2. The molecule has 0 atom stereocenters. The second kappa shape index (κ2) is 4.80. The molecule has 0 fully saturated rings. The van der Waals surface area contributed by atoms with Crippen molar-refractivity contribution in [2.75, 3.05) is 14.1 Å². The van der Waals surface area contributed by atoms with E-state index in [1.54, 1.807) is 5.01 Å². The standard InChI is InChI=1S/C12H18N2/c1-10(2)12-7-5-11(6-8-12)9-13-14(3)4/h5-10H,1-4H3. The third-order valence-electron chi connectivity index (χ3n) is 2.04. The van der Waals surface area contributed by atoms with Crippen LogP contribution in [0.4, 0.5) is 0 Å². The first kappa shape index (κ1) is 10.8. The molecule has 0 N–H and O–H groups in total. The smallest absolute Gasteiger partial charge is 0.0542 e. The molecule has 1 rings (SSSR count). The van der Waals surface area contributed by atoms with Gasteiger partial charge in [0.1, 0.15) is 0 Å². The maximum Gasteiger partial charge on any atom is 0.0542 e. The van der Waals surface area contributed by atoms with Crippen LogP contribution in [0.2, 0.25) is 0 Å². The molecule has 0 spiro atoms. The summed E-state index contributed by atoms with van der Waals surface area (Å²) in [7, 11) is 3.83. The van der Waals surface area contributed by atoms with Gasteiger partial charge in [0.2, 0.25) is 0 Å². The SMILES string of the molecule is CC(C)c1ccc(C=NN(C)C)cc1. The number of benzene rings is 1. The molecule has 0 aliphatic heterocycles. The van der Waals surface area contributed by atoms with E-state index in [-0.39, 0.29) is 0 Å². The van der Waals surface area contributed by atoms with Crippen LogP contribution in [0.5, 0.6) is 0 Å². The number of hydrogen-bond donors (Lipinski definition) is 0. The lowest BCUT2D eigenvalue weighted by atomic mass is 10.0. The lowest BCUT2D eigenvalue weighted by Crippen LogP contribution is -2.01. The van der Waals surface area contributed by atoms with Crippen molar-refractivity contribution >= 4 is 6.21 Å². The normalized spacial score (nSPS) is 11.2. The molecule has 2 nitrogen and oxygen atoms in total. The monoisotopic (exact) mass is 190 g/mol. The highest BCUT2D eigenvalue weighted by Crippen LogP contribution is 2.13. The maximum absolute atomic E-state index is 4.18. The van der Waals surface area contributed by atoms with Gasteiger partial charge >= 0.3 is 0 Å². The van der Waals surface area contributed by atoms with Crippen LogP contribution in [0.25, 0.3) is 0 Å². The van der Waals surface area contributed by atoms with Crippen LogP contribution in [0.1, 0.15) is 30.9 Å². The fraction of sp³-hybridized carbons (Fsp3) is 0.417. The molecule has 0 saturated carbocycles. The number of hydrazone groups is 1. The molecular formula is C12H18N2. The van der Waals surface area contributed by atoms with E-state index in [0.717, 1.165) is 5.56 Å². The molecule has 76 valence electrons. The fourth-order valence-corrected chi connectivity index (χ4v) is 1.15. The predicted octanol–water partition coefficient (Wildman–Crippen LogP) is 2.71. The summed E-state index contributed by atoms with van der Waals surface area (Å²) < 4.78 is 0. The second-order valence-corrected chi connectivity index (χ2v) is 3.91. The van der Waals surface area contributed by atoms with Crippen LogP contribution < -0.4 is 0 Å². The predicted molar refractivity (Wildman–Crippen MR) is 61.8 cm³/mol. The summed E-state index contributed by atoms with van der Waals surface area (Å²) in [5.74, 6) is 0.592. The summed E-state index contributed by atoms with van der Waals surface area (Å²) in [6.45, 7) is 4.39. The first-order valence-corrected chi connectivity index (χ1v) is 4.91. The molecule has 14 heavy (non-hydrogen) atoms. The lowest BCUT2D eigenvalue weighted by Gasteiger charge is -2.05. The molecular weight excluding hydrogens is 172 g/mol. The van der Waals surface area contributed by atoms with E-state index in [2.05, 4.69) is 43.2 Å². The molecule has 0 radical (unpaired) electrons. The third-order valence-corrected chi connectivity index (χ3v) is 2.04. The van der Waals surface area contributed by atoms with Gasteiger partial charge in [-0.3, -0.25) is 0 Å². The topological polar surface area (TPSA) is 15.6 Å². The van der Waals surface area contributed by atoms with Crippen LogP contribution in [0.3, 0.4) is 0 Å². The fourth-order valence-electron chi connectivity index (χ4n) is 1.15. The molecule has 0 heterocycles. The zero-order chi connectivity index (χ0) is 10.6. The van der Waals surface area contributed by atoms with Crippen molar-refractivity contribution in [3.63, 3.8) is 0 Å². The Bertz CT molecular complexity index is 297. The van der Waals surface area contributed by atoms with Gasteiger partial charge in [-0.25, -0.2) is 0 Å². The minimum absolute atomic E-state index is 0.592. The molecule has 0 aliphatic rings. The van der Waals surface area contributed by atoms with Crippen LogP contribution in [-0.4, -0.2) is 25.3 Å². The van der Waals surface area contributed by atoms with Crippen molar-refractivity contribution in [3.05, 3.63) is 35.4 Å². The summed E-state index contributed by atoms with van der Waals surface area (Å²) in [5, 5.41) is 5.97.